The molecule has 1 heteroatoms. The Morgan fingerprint density at radius 2 is 2.25 bits per heavy atom. The van der Waals surface area contributed by atoms with E-state index in [2.05, 4.69) is 43.1 Å². The Bertz CT molecular complexity index is 498. The van der Waals surface area contributed by atoms with E-state index in [-0.39, 0.29) is 5.92 Å². The van der Waals surface area contributed by atoms with E-state index in [1.807, 2.05) is 18.2 Å². The van der Waals surface area contributed by atoms with Crippen molar-refractivity contribution in [3.05, 3.63) is 53.6 Å². The molecule has 0 unspecified atom stereocenters. The second-order valence-electron chi connectivity index (χ2n) is 3.99. The lowest BCUT2D eigenvalue weighted by Gasteiger charge is -2.09. The van der Waals surface area contributed by atoms with Crippen molar-refractivity contribution in [2.45, 2.75) is 19.3 Å². The lowest BCUT2D eigenvalue weighted by atomic mass is 9.95. The molecule has 0 aromatic heterocycles. The van der Waals surface area contributed by atoms with Gasteiger partial charge in [0.15, 0.2) is 0 Å². The highest BCUT2D eigenvalue weighted by molar-refractivity contribution is 5.46. The number of rotatable bonds is 1. The maximum absolute atomic E-state index is 5.79. The van der Waals surface area contributed by atoms with E-state index in [1.165, 1.54) is 11.1 Å². The van der Waals surface area contributed by atoms with Gasteiger partial charge < -0.3 is 5.73 Å². The average Bonchev–Trinajstić information content (AvgIpc) is 2.23. The summed E-state index contributed by atoms with van der Waals surface area (Å²) in [7, 11) is 0. The quantitative estimate of drug-likeness (QED) is 0.557. The minimum Gasteiger partial charge on any atom is -0.399 e. The van der Waals surface area contributed by atoms with E-state index in [9.17, 15) is 0 Å². The molecule has 2 N–H and O–H groups in total. The molecule has 0 fully saturated rings. The summed E-state index contributed by atoms with van der Waals surface area (Å²) in [4.78, 5) is 0. The average molecular weight is 209 g/mol. The molecule has 0 aliphatic heterocycles. The highest BCUT2D eigenvalue weighted by Crippen LogP contribution is 2.21. The summed E-state index contributed by atoms with van der Waals surface area (Å²) < 4.78 is 0. The van der Waals surface area contributed by atoms with Gasteiger partial charge in [-0.3, -0.25) is 0 Å². The van der Waals surface area contributed by atoms with Gasteiger partial charge in [-0.05, 0) is 24.6 Å². The molecule has 1 nitrogen and oxygen atoms in total. The monoisotopic (exact) mass is 209 g/mol. The lowest BCUT2D eigenvalue weighted by Crippen LogP contribution is -1.95. The lowest BCUT2D eigenvalue weighted by molar-refractivity contribution is 1.10. The fourth-order valence-electron chi connectivity index (χ4n) is 1.76. The van der Waals surface area contributed by atoms with Crippen LogP contribution in [0.25, 0.3) is 0 Å². The Hall–Kier alpha value is -1.94. The number of allylic oxidation sites excluding steroid dienone is 4. The predicted molar refractivity (Wildman–Crippen MR) is 68.9 cm³/mol. The molecule has 1 aliphatic rings. The molecule has 1 aromatic carbocycles. The van der Waals surface area contributed by atoms with Gasteiger partial charge in [0.25, 0.3) is 0 Å². The maximum atomic E-state index is 5.79. The molecule has 0 saturated carbocycles. The van der Waals surface area contributed by atoms with Crippen molar-refractivity contribution in [3.63, 3.8) is 0 Å². The third-order valence-electron chi connectivity index (χ3n) is 2.56. The highest BCUT2D eigenvalue weighted by atomic mass is 14.5. The molecule has 1 aliphatic carbocycles. The zero-order valence-electron chi connectivity index (χ0n) is 9.40. The Labute approximate surface area is 96.7 Å². The van der Waals surface area contributed by atoms with Gasteiger partial charge >= 0.3 is 0 Å². The van der Waals surface area contributed by atoms with Crippen molar-refractivity contribution < 1.29 is 0 Å². The predicted octanol–water partition coefficient (Wildman–Crippen LogP) is 3.26. The molecule has 0 spiro atoms. The van der Waals surface area contributed by atoms with Crippen molar-refractivity contribution in [1.29, 1.82) is 0 Å². The molecular weight excluding hydrogens is 194 g/mol. The first-order valence-electron chi connectivity index (χ1n) is 5.44. The van der Waals surface area contributed by atoms with Crippen molar-refractivity contribution in [3.8, 4) is 11.8 Å². The van der Waals surface area contributed by atoms with Crippen LogP contribution in [0.2, 0.25) is 0 Å². The van der Waals surface area contributed by atoms with Crippen LogP contribution in [0.1, 0.15) is 24.8 Å². The molecule has 0 bridgehead atoms. The normalized spacial score (nSPS) is 24.3. The number of nitrogen functional groups attached to an aromatic ring is 1. The molecule has 0 amide bonds. The Morgan fingerprint density at radius 1 is 1.38 bits per heavy atom. The fourth-order valence-corrected chi connectivity index (χ4v) is 1.76. The summed E-state index contributed by atoms with van der Waals surface area (Å²) in [6.07, 6.45) is 7.21. The van der Waals surface area contributed by atoms with E-state index in [0.29, 0.717) is 0 Å². The molecule has 1 atom stereocenters. The number of nitrogens with two attached hydrogens (primary N) is 1. The number of benzene rings is 1. The molecule has 0 heterocycles. The second kappa shape index (κ2) is 4.72. The van der Waals surface area contributed by atoms with Gasteiger partial charge in [0.1, 0.15) is 0 Å². The zero-order chi connectivity index (χ0) is 11.4. The summed E-state index contributed by atoms with van der Waals surface area (Å²) >= 11 is 0. The van der Waals surface area contributed by atoms with Gasteiger partial charge in [-0.1, -0.05) is 47.8 Å². The standard InChI is InChI=1S/C15H15N/c1-12-6-3-2-4-7-13(10-12)14-8-5-9-15(16)11-14/h3,5-6,8-11,13H,2,16H2,1H3/b6-3-,12-10-/t13-/m1/s1. The van der Waals surface area contributed by atoms with E-state index in [0.717, 1.165) is 12.1 Å². The first-order chi connectivity index (χ1) is 7.75. The molecule has 0 saturated heterocycles. The van der Waals surface area contributed by atoms with Crippen LogP contribution >= 0.6 is 0 Å². The van der Waals surface area contributed by atoms with Crippen LogP contribution in [0, 0.1) is 11.8 Å². The summed E-state index contributed by atoms with van der Waals surface area (Å²) in [5, 5.41) is 0. The fraction of sp³-hybridized carbons (Fsp3) is 0.200. The van der Waals surface area contributed by atoms with E-state index < -0.39 is 0 Å². The van der Waals surface area contributed by atoms with Crippen LogP contribution in [-0.4, -0.2) is 0 Å². The van der Waals surface area contributed by atoms with Crippen LogP contribution in [0.15, 0.2) is 48.1 Å². The van der Waals surface area contributed by atoms with Crippen LogP contribution in [0.5, 0.6) is 0 Å². The van der Waals surface area contributed by atoms with Crippen molar-refractivity contribution >= 4 is 5.69 Å². The van der Waals surface area contributed by atoms with Gasteiger partial charge in [0.2, 0.25) is 0 Å². The first-order valence-corrected chi connectivity index (χ1v) is 5.44. The van der Waals surface area contributed by atoms with Crippen molar-refractivity contribution in [2.75, 3.05) is 5.73 Å². The Morgan fingerprint density at radius 3 is 3.06 bits per heavy atom. The van der Waals surface area contributed by atoms with Crippen molar-refractivity contribution in [2.24, 2.45) is 0 Å². The third-order valence-corrected chi connectivity index (χ3v) is 2.56. The SMILES string of the molecule is CC1=C/[C@H](c2cccc(N)c2)C#CC/C=C\1. The summed E-state index contributed by atoms with van der Waals surface area (Å²) in [5.74, 6) is 6.58. The maximum Gasteiger partial charge on any atom is 0.0639 e. The smallest absolute Gasteiger partial charge is 0.0639 e. The highest BCUT2D eigenvalue weighted by Gasteiger charge is 2.06. The Kier molecular flexibility index (Phi) is 3.12. The molecule has 16 heavy (non-hydrogen) atoms. The zero-order valence-corrected chi connectivity index (χ0v) is 9.40. The van der Waals surface area contributed by atoms with Gasteiger partial charge in [-0.25, -0.2) is 0 Å². The summed E-state index contributed by atoms with van der Waals surface area (Å²) in [6.45, 7) is 2.10. The number of hydrogen-bond donors (Lipinski definition) is 1. The number of anilines is 1. The first kappa shape index (κ1) is 10.6. The van der Waals surface area contributed by atoms with Gasteiger partial charge in [0.05, 0.1) is 5.92 Å². The second-order valence-corrected chi connectivity index (χ2v) is 3.99. The largest absolute Gasteiger partial charge is 0.399 e. The molecular formula is C15H15N. The van der Waals surface area contributed by atoms with Gasteiger partial charge in [-0.2, -0.15) is 0 Å². The number of hydrogen-bond acceptors (Lipinski definition) is 1. The van der Waals surface area contributed by atoms with Gasteiger partial charge in [-0.15, -0.1) is 0 Å². The van der Waals surface area contributed by atoms with Crippen LogP contribution in [0.3, 0.4) is 0 Å². The van der Waals surface area contributed by atoms with Gasteiger partial charge in [0, 0.05) is 12.1 Å². The van der Waals surface area contributed by atoms with Crippen LogP contribution in [0.4, 0.5) is 5.69 Å². The van der Waals surface area contributed by atoms with E-state index in [1.54, 1.807) is 0 Å². The molecule has 0 radical (unpaired) electrons. The molecule has 2 rings (SSSR count). The molecule has 1 aromatic rings. The minimum atomic E-state index is 0.161. The van der Waals surface area contributed by atoms with Crippen LogP contribution in [-0.2, 0) is 0 Å². The minimum absolute atomic E-state index is 0.161. The summed E-state index contributed by atoms with van der Waals surface area (Å²) in [6, 6.07) is 7.94. The third kappa shape index (κ3) is 2.55. The molecule has 80 valence electrons. The van der Waals surface area contributed by atoms with E-state index in [4.69, 9.17) is 5.73 Å². The van der Waals surface area contributed by atoms with Crippen LogP contribution < -0.4 is 5.73 Å². The van der Waals surface area contributed by atoms with Crippen molar-refractivity contribution in [1.82, 2.24) is 0 Å². The topological polar surface area (TPSA) is 26.0 Å². The summed E-state index contributed by atoms with van der Waals surface area (Å²) in [5.41, 5.74) is 9.00. The van der Waals surface area contributed by atoms with E-state index >= 15 is 0 Å². The Balaban J connectivity index is 2.38.